The van der Waals surface area contributed by atoms with E-state index in [1.165, 1.54) is 0 Å². The molecule has 0 saturated heterocycles. The van der Waals surface area contributed by atoms with Gasteiger partial charge in [0.1, 0.15) is 0 Å². The molecule has 4 atom stereocenters. The highest BCUT2D eigenvalue weighted by Gasteiger charge is 2.34. The van der Waals surface area contributed by atoms with Crippen LogP contribution >= 0.6 is 0 Å². The van der Waals surface area contributed by atoms with Crippen molar-refractivity contribution in [3.63, 3.8) is 0 Å². The maximum absolute atomic E-state index is 10.0. The molecule has 3 heterocycles. The number of para-hydroxylation sites is 5. The maximum atomic E-state index is 10.0. The number of rotatable bonds is 5. The topological polar surface area (TPSA) is 77.4 Å². The number of fused-ring (bicyclic) bond motifs is 7. The summed E-state index contributed by atoms with van der Waals surface area (Å²) in [6, 6.07) is 58.9. The van der Waals surface area contributed by atoms with E-state index < -0.39 is 0 Å². The Morgan fingerprint density at radius 2 is 0.885 bits per heavy atom. The molecular formula is C54H41N5O2. The van der Waals surface area contributed by atoms with Crippen molar-refractivity contribution in [1.29, 1.82) is 10.5 Å². The molecule has 4 aliphatic rings. The molecule has 2 fully saturated rings. The number of hydrogen-bond acceptors (Lipinski definition) is 6. The highest BCUT2D eigenvalue weighted by molar-refractivity contribution is 6.12. The van der Waals surface area contributed by atoms with Crippen LogP contribution in [0.2, 0.25) is 0 Å². The van der Waals surface area contributed by atoms with E-state index in [9.17, 15) is 10.5 Å². The summed E-state index contributed by atoms with van der Waals surface area (Å²) in [5.74, 6) is 3.61. The standard InChI is InChI=1S/C54H41N5O2/c55-32-36-10-8-14-41(36)34-20-24-49-53(28-34)61-54-29-35(42-15-9-11-37(42)33-56)21-25-50(54)59(49)40-23-27-46-44(31-40)43-30-39(22-26-45(43)57(46)38-12-2-1-3-13-38)58-47-16-4-6-18-51(47)60-52-19-7-5-17-48(52)58/h1-7,12-13,16-31,36-37,41-42H,8-11,14-15H2. The molecule has 2 saturated carbocycles. The molecular weight excluding hydrogens is 751 g/mol. The summed E-state index contributed by atoms with van der Waals surface area (Å²) in [4.78, 5) is 4.63. The summed E-state index contributed by atoms with van der Waals surface area (Å²) in [6.07, 6.45) is 5.99. The van der Waals surface area contributed by atoms with Crippen LogP contribution in [0.25, 0.3) is 27.5 Å². The van der Waals surface area contributed by atoms with Gasteiger partial charge >= 0.3 is 0 Å². The minimum Gasteiger partial charge on any atom is -0.453 e. The molecule has 0 spiro atoms. The highest BCUT2D eigenvalue weighted by atomic mass is 16.5. The van der Waals surface area contributed by atoms with Gasteiger partial charge in [-0.1, -0.05) is 67.4 Å². The molecule has 8 aromatic rings. The molecule has 294 valence electrons. The van der Waals surface area contributed by atoms with Crippen LogP contribution in [-0.2, 0) is 0 Å². The van der Waals surface area contributed by atoms with E-state index in [0.717, 1.165) is 134 Å². The van der Waals surface area contributed by atoms with Crippen molar-refractivity contribution in [1.82, 2.24) is 4.57 Å². The first kappa shape index (κ1) is 35.5. The summed E-state index contributed by atoms with van der Waals surface area (Å²) in [7, 11) is 0. The highest BCUT2D eigenvalue weighted by Crippen LogP contribution is 2.55. The monoisotopic (exact) mass is 791 g/mol. The lowest BCUT2D eigenvalue weighted by Crippen LogP contribution is -2.17. The van der Waals surface area contributed by atoms with Gasteiger partial charge in [-0.15, -0.1) is 0 Å². The van der Waals surface area contributed by atoms with Crippen molar-refractivity contribution >= 4 is 55.9 Å². The average Bonchev–Trinajstić information content (AvgIpc) is 4.07. The third-order valence-corrected chi connectivity index (χ3v) is 13.6. The zero-order valence-corrected chi connectivity index (χ0v) is 33.5. The molecule has 0 amide bonds. The minimum absolute atomic E-state index is 0.00978. The fraction of sp³-hybridized carbons (Fsp3) is 0.185. The molecule has 0 N–H and O–H groups in total. The second-order valence-electron chi connectivity index (χ2n) is 16.9. The van der Waals surface area contributed by atoms with Crippen LogP contribution in [0.3, 0.4) is 0 Å². The Hall–Kier alpha value is -7.48. The Morgan fingerprint density at radius 3 is 1.39 bits per heavy atom. The first-order valence-electron chi connectivity index (χ1n) is 21.5. The Morgan fingerprint density at radius 1 is 0.426 bits per heavy atom. The van der Waals surface area contributed by atoms with Gasteiger partial charge in [-0.2, -0.15) is 10.5 Å². The van der Waals surface area contributed by atoms with Crippen LogP contribution in [0.4, 0.5) is 34.1 Å². The van der Waals surface area contributed by atoms with Gasteiger partial charge in [0.05, 0.1) is 57.8 Å². The molecule has 2 aliphatic heterocycles. The molecule has 7 nitrogen and oxygen atoms in total. The first-order valence-corrected chi connectivity index (χ1v) is 21.5. The smallest absolute Gasteiger partial charge is 0.151 e. The second-order valence-corrected chi connectivity index (χ2v) is 16.9. The van der Waals surface area contributed by atoms with Gasteiger partial charge in [0, 0.05) is 27.8 Å². The van der Waals surface area contributed by atoms with Gasteiger partial charge < -0.3 is 23.8 Å². The zero-order valence-electron chi connectivity index (χ0n) is 33.5. The van der Waals surface area contributed by atoms with Gasteiger partial charge in [0.25, 0.3) is 0 Å². The first-order chi connectivity index (χ1) is 30.1. The quantitative estimate of drug-likeness (QED) is 0.173. The van der Waals surface area contributed by atoms with E-state index >= 15 is 0 Å². The number of benzene rings is 7. The zero-order chi connectivity index (χ0) is 40.6. The number of anilines is 6. The third-order valence-electron chi connectivity index (χ3n) is 13.6. The van der Waals surface area contributed by atoms with Gasteiger partial charge in [-0.05, 0) is 146 Å². The maximum Gasteiger partial charge on any atom is 0.151 e. The van der Waals surface area contributed by atoms with Crippen LogP contribution < -0.4 is 19.3 Å². The normalized spacial score (nSPS) is 19.9. The van der Waals surface area contributed by atoms with E-state index in [2.05, 4.69) is 154 Å². The molecule has 0 bridgehead atoms. The molecule has 7 heteroatoms. The van der Waals surface area contributed by atoms with Gasteiger partial charge in [0.15, 0.2) is 23.0 Å². The molecule has 12 rings (SSSR count). The Balaban J connectivity index is 1.06. The van der Waals surface area contributed by atoms with E-state index in [1.54, 1.807) is 0 Å². The lowest BCUT2D eigenvalue weighted by Gasteiger charge is -2.34. The largest absolute Gasteiger partial charge is 0.453 e. The fourth-order valence-electron chi connectivity index (χ4n) is 10.7. The van der Waals surface area contributed by atoms with E-state index in [0.29, 0.717) is 0 Å². The van der Waals surface area contributed by atoms with Gasteiger partial charge in [-0.25, -0.2) is 0 Å². The predicted molar refractivity (Wildman–Crippen MR) is 242 cm³/mol. The van der Waals surface area contributed by atoms with Crippen LogP contribution in [0.5, 0.6) is 23.0 Å². The van der Waals surface area contributed by atoms with Crippen LogP contribution in [0.15, 0.2) is 152 Å². The molecule has 7 aromatic carbocycles. The van der Waals surface area contributed by atoms with E-state index in [1.807, 2.05) is 24.3 Å². The summed E-state index contributed by atoms with van der Waals surface area (Å²) in [6.45, 7) is 0. The number of ether oxygens (including phenoxy) is 2. The van der Waals surface area contributed by atoms with Gasteiger partial charge in [-0.3, -0.25) is 0 Å². The summed E-state index contributed by atoms with van der Waals surface area (Å²) >= 11 is 0. The van der Waals surface area contributed by atoms with Crippen molar-refractivity contribution in [2.24, 2.45) is 11.8 Å². The predicted octanol–water partition coefficient (Wildman–Crippen LogP) is 14.7. The summed E-state index contributed by atoms with van der Waals surface area (Å²) in [5, 5.41) is 22.3. The van der Waals surface area contributed by atoms with Crippen LogP contribution in [-0.4, -0.2) is 4.57 Å². The second kappa shape index (κ2) is 14.1. The SMILES string of the molecule is N#CC1CCCC1c1ccc2c(c1)Oc1cc(C3CCCC3C#N)ccc1N2c1ccc2c(c1)c1cc(N3c4ccccc4Oc4ccccc43)ccc1n2-c1ccccc1. The number of nitrogens with zero attached hydrogens (tertiary/aromatic N) is 5. The van der Waals surface area contributed by atoms with Crippen molar-refractivity contribution in [2.75, 3.05) is 9.80 Å². The Kier molecular flexibility index (Phi) is 8.18. The van der Waals surface area contributed by atoms with Crippen molar-refractivity contribution in [3.05, 3.63) is 163 Å². The fourth-order valence-corrected chi connectivity index (χ4v) is 10.7. The number of nitriles is 2. The van der Waals surface area contributed by atoms with Crippen molar-refractivity contribution in [3.8, 4) is 40.8 Å². The van der Waals surface area contributed by atoms with Gasteiger partial charge in [0.2, 0.25) is 0 Å². The summed E-state index contributed by atoms with van der Waals surface area (Å²) < 4.78 is 15.7. The molecule has 0 radical (unpaired) electrons. The molecule has 61 heavy (non-hydrogen) atoms. The lowest BCUT2D eigenvalue weighted by atomic mass is 9.88. The average molecular weight is 792 g/mol. The lowest BCUT2D eigenvalue weighted by molar-refractivity contribution is 0.472. The Labute approximate surface area is 354 Å². The van der Waals surface area contributed by atoms with E-state index in [4.69, 9.17) is 9.47 Å². The number of hydrogen-bond donors (Lipinski definition) is 0. The molecule has 1 aromatic heterocycles. The van der Waals surface area contributed by atoms with E-state index in [-0.39, 0.29) is 23.7 Å². The Bertz CT molecular complexity index is 3010. The molecule has 4 unspecified atom stereocenters. The molecule has 2 aliphatic carbocycles. The van der Waals surface area contributed by atoms with Crippen molar-refractivity contribution < 1.29 is 9.47 Å². The number of aromatic nitrogens is 1. The van der Waals surface area contributed by atoms with Crippen LogP contribution in [0.1, 0.15) is 61.5 Å². The van der Waals surface area contributed by atoms with Crippen molar-refractivity contribution in [2.45, 2.75) is 50.4 Å². The third kappa shape index (κ3) is 5.61. The summed E-state index contributed by atoms with van der Waals surface area (Å²) in [5.41, 5.74) is 11.6. The van der Waals surface area contributed by atoms with Crippen LogP contribution in [0, 0.1) is 34.5 Å². The minimum atomic E-state index is 0.00978.